The van der Waals surface area contributed by atoms with E-state index in [1.54, 1.807) is 7.11 Å². The molecule has 0 aromatic rings. The second kappa shape index (κ2) is 12.8. The van der Waals surface area contributed by atoms with Crippen LogP contribution < -0.4 is 5.32 Å². The molecular weight excluding hydrogens is 238 g/mol. The molecule has 0 atom stereocenters. The van der Waals surface area contributed by atoms with Gasteiger partial charge in [-0.1, -0.05) is 13.8 Å². The van der Waals surface area contributed by atoms with Crippen LogP contribution >= 0.6 is 0 Å². The summed E-state index contributed by atoms with van der Waals surface area (Å²) in [4.78, 5) is 11.2. The van der Waals surface area contributed by atoms with Gasteiger partial charge in [0.25, 0.3) is 0 Å². The van der Waals surface area contributed by atoms with Crippen molar-refractivity contribution in [2.24, 2.45) is 0 Å². The Morgan fingerprint density at radius 1 is 1.00 bits per heavy atom. The summed E-state index contributed by atoms with van der Waals surface area (Å²) >= 11 is 0. The van der Waals surface area contributed by atoms with Crippen LogP contribution in [0.15, 0.2) is 0 Å². The van der Waals surface area contributed by atoms with Crippen LogP contribution in [0.5, 0.6) is 0 Å². The van der Waals surface area contributed by atoms with E-state index in [0.717, 1.165) is 0 Å². The SMILES string of the molecule is COCCOCCOCCOC(=O)CNC(C)C. The van der Waals surface area contributed by atoms with Gasteiger partial charge in [-0.05, 0) is 0 Å². The van der Waals surface area contributed by atoms with Crippen molar-refractivity contribution in [1.29, 1.82) is 0 Å². The quantitative estimate of drug-likeness (QED) is 0.401. The fraction of sp³-hybridized carbons (Fsp3) is 0.917. The van der Waals surface area contributed by atoms with Gasteiger partial charge in [-0.15, -0.1) is 0 Å². The zero-order valence-electron chi connectivity index (χ0n) is 11.6. The lowest BCUT2D eigenvalue weighted by molar-refractivity contribution is -0.144. The monoisotopic (exact) mass is 263 g/mol. The van der Waals surface area contributed by atoms with Crippen molar-refractivity contribution >= 4 is 5.97 Å². The Balaban J connectivity index is 3.12. The first kappa shape index (κ1) is 17.3. The van der Waals surface area contributed by atoms with E-state index in [9.17, 15) is 4.79 Å². The number of nitrogens with one attached hydrogen (secondary N) is 1. The number of esters is 1. The maximum atomic E-state index is 11.2. The molecule has 0 bridgehead atoms. The summed E-state index contributed by atoms with van der Waals surface area (Å²) in [6, 6.07) is 0.276. The van der Waals surface area contributed by atoms with Crippen molar-refractivity contribution in [1.82, 2.24) is 5.32 Å². The summed E-state index contributed by atoms with van der Waals surface area (Å²) in [6.45, 7) is 7.00. The van der Waals surface area contributed by atoms with E-state index >= 15 is 0 Å². The van der Waals surface area contributed by atoms with Gasteiger partial charge in [0.2, 0.25) is 0 Å². The van der Waals surface area contributed by atoms with Crippen molar-refractivity contribution in [2.75, 3.05) is 53.3 Å². The van der Waals surface area contributed by atoms with E-state index in [-0.39, 0.29) is 25.2 Å². The van der Waals surface area contributed by atoms with Crippen molar-refractivity contribution in [3.8, 4) is 0 Å². The number of methoxy groups -OCH3 is 1. The molecule has 0 aliphatic heterocycles. The summed E-state index contributed by atoms with van der Waals surface area (Å²) in [5, 5.41) is 2.98. The second-order valence-electron chi connectivity index (χ2n) is 3.97. The molecule has 0 aromatic carbocycles. The lowest BCUT2D eigenvalue weighted by Gasteiger charge is -2.09. The fourth-order valence-electron chi connectivity index (χ4n) is 1.02. The molecule has 108 valence electrons. The molecule has 6 nitrogen and oxygen atoms in total. The molecule has 18 heavy (non-hydrogen) atoms. The molecule has 0 aliphatic rings. The van der Waals surface area contributed by atoms with Gasteiger partial charge in [0.15, 0.2) is 0 Å². The van der Waals surface area contributed by atoms with Crippen LogP contribution in [0.4, 0.5) is 0 Å². The van der Waals surface area contributed by atoms with Gasteiger partial charge in [0.05, 0.1) is 39.6 Å². The highest BCUT2D eigenvalue weighted by Gasteiger charge is 2.02. The van der Waals surface area contributed by atoms with Gasteiger partial charge in [-0.25, -0.2) is 0 Å². The molecule has 0 spiro atoms. The first-order valence-corrected chi connectivity index (χ1v) is 6.20. The van der Waals surface area contributed by atoms with Crippen LogP contribution in [0.1, 0.15) is 13.8 Å². The van der Waals surface area contributed by atoms with Crippen LogP contribution in [-0.2, 0) is 23.7 Å². The predicted molar refractivity (Wildman–Crippen MR) is 67.6 cm³/mol. The molecule has 0 rings (SSSR count). The number of hydrogen-bond donors (Lipinski definition) is 1. The van der Waals surface area contributed by atoms with Crippen molar-refractivity contribution < 1.29 is 23.7 Å². The standard InChI is InChI=1S/C12H25NO5/c1-11(2)13-10-12(14)18-9-8-17-7-6-16-5-4-15-3/h11,13H,4-10H2,1-3H3. The Hall–Kier alpha value is -0.690. The minimum Gasteiger partial charge on any atom is -0.462 e. The van der Waals surface area contributed by atoms with E-state index in [4.69, 9.17) is 18.9 Å². The highest BCUT2D eigenvalue weighted by Crippen LogP contribution is 1.83. The molecule has 1 N–H and O–H groups in total. The molecule has 0 aliphatic carbocycles. The maximum Gasteiger partial charge on any atom is 0.320 e. The third kappa shape index (κ3) is 13.4. The van der Waals surface area contributed by atoms with E-state index in [0.29, 0.717) is 33.0 Å². The van der Waals surface area contributed by atoms with Crippen LogP contribution in [-0.4, -0.2) is 65.3 Å². The third-order valence-electron chi connectivity index (χ3n) is 1.95. The number of hydrogen-bond acceptors (Lipinski definition) is 6. The molecule has 0 amide bonds. The van der Waals surface area contributed by atoms with Crippen molar-refractivity contribution in [3.63, 3.8) is 0 Å². The maximum absolute atomic E-state index is 11.2. The molecule has 0 saturated heterocycles. The molecular formula is C12H25NO5. The first-order valence-electron chi connectivity index (χ1n) is 6.20. The minimum atomic E-state index is -0.261. The summed E-state index contributed by atoms with van der Waals surface area (Å²) in [5.74, 6) is -0.261. The van der Waals surface area contributed by atoms with Crippen LogP contribution in [0.25, 0.3) is 0 Å². The Bertz CT molecular complexity index is 199. The fourth-order valence-corrected chi connectivity index (χ4v) is 1.02. The van der Waals surface area contributed by atoms with Crippen molar-refractivity contribution in [2.45, 2.75) is 19.9 Å². The summed E-state index contributed by atoms with van der Waals surface area (Å²) < 4.78 is 20.2. The number of carbonyl (C=O) groups excluding carboxylic acids is 1. The molecule has 0 radical (unpaired) electrons. The predicted octanol–water partition coefficient (Wildman–Crippen LogP) is 0.207. The van der Waals surface area contributed by atoms with E-state index in [2.05, 4.69) is 5.32 Å². The van der Waals surface area contributed by atoms with Gasteiger partial charge in [0.1, 0.15) is 6.61 Å². The van der Waals surface area contributed by atoms with E-state index < -0.39 is 0 Å². The van der Waals surface area contributed by atoms with Gasteiger partial charge in [-0.2, -0.15) is 0 Å². The molecule has 0 heterocycles. The Labute approximate surface area is 109 Å². The molecule has 0 unspecified atom stereocenters. The Kier molecular flexibility index (Phi) is 12.3. The van der Waals surface area contributed by atoms with Gasteiger partial charge in [0, 0.05) is 13.2 Å². The van der Waals surface area contributed by atoms with Crippen molar-refractivity contribution in [3.05, 3.63) is 0 Å². The zero-order chi connectivity index (χ0) is 13.6. The minimum absolute atomic E-state index is 0.234. The highest BCUT2D eigenvalue weighted by atomic mass is 16.6. The average Bonchev–Trinajstić information content (AvgIpc) is 2.34. The Morgan fingerprint density at radius 3 is 2.11 bits per heavy atom. The summed E-state index contributed by atoms with van der Waals surface area (Å²) in [7, 11) is 1.63. The zero-order valence-corrected chi connectivity index (χ0v) is 11.6. The Morgan fingerprint density at radius 2 is 1.56 bits per heavy atom. The molecule has 0 saturated carbocycles. The highest BCUT2D eigenvalue weighted by molar-refractivity contribution is 5.71. The third-order valence-corrected chi connectivity index (χ3v) is 1.95. The van der Waals surface area contributed by atoms with Gasteiger partial charge in [-0.3, -0.25) is 4.79 Å². The van der Waals surface area contributed by atoms with E-state index in [1.807, 2.05) is 13.8 Å². The topological polar surface area (TPSA) is 66.0 Å². The first-order chi connectivity index (χ1) is 8.66. The van der Waals surface area contributed by atoms with Crippen LogP contribution in [0.3, 0.4) is 0 Å². The normalized spacial score (nSPS) is 10.9. The molecule has 0 fully saturated rings. The van der Waals surface area contributed by atoms with Crippen LogP contribution in [0, 0.1) is 0 Å². The number of ether oxygens (including phenoxy) is 4. The van der Waals surface area contributed by atoms with Gasteiger partial charge < -0.3 is 24.3 Å². The number of rotatable bonds is 12. The number of carbonyl (C=O) groups is 1. The van der Waals surface area contributed by atoms with Crippen LogP contribution in [0.2, 0.25) is 0 Å². The lowest BCUT2D eigenvalue weighted by atomic mass is 10.4. The van der Waals surface area contributed by atoms with E-state index in [1.165, 1.54) is 0 Å². The average molecular weight is 263 g/mol. The largest absolute Gasteiger partial charge is 0.462 e. The lowest BCUT2D eigenvalue weighted by Crippen LogP contribution is -2.30. The summed E-state index contributed by atoms with van der Waals surface area (Å²) in [5.41, 5.74) is 0. The second-order valence-corrected chi connectivity index (χ2v) is 3.97. The summed E-state index contributed by atoms with van der Waals surface area (Å²) in [6.07, 6.45) is 0. The molecule has 6 heteroatoms. The smallest absolute Gasteiger partial charge is 0.320 e. The molecule has 0 aromatic heterocycles. The van der Waals surface area contributed by atoms with Gasteiger partial charge >= 0.3 is 5.97 Å².